The minimum Gasteiger partial charge on any atom is -0.508 e. The van der Waals surface area contributed by atoms with E-state index in [4.69, 9.17) is 28.9 Å². The van der Waals surface area contributed by atoms with Gasteiger partial charge in [0.15, 0.2) is 0 Å². The molecule has 4 nitrogen and oxygen atoms in total. The summed E-state index contributed by atoms with van der Waals surface area (Å²) in [7, 11) is 0. The van der Waals surface area contributed by atoms with Crippen molar-refractivity contribution in [3.05, 3.63) is 52.0 Å². The standard InChI is InChI=1S/C13H10Cl2N2O2/c14-10-4-7(5-11(16)12(10)15)13(19)17-8-2-1-3-9(18)6-8/h1-6,18H,16H2,(H,17,19). The van der Waals surface area contributed by atoms with Crippen molar-refractivity contribution >= 4 is 40.5 Å². The minimum absolute atomic E-state index is 0.0615. The van der Waals surface area contributed by atoms with Crippen LogP contribution in [-0.2, 0) is 0 Å². The Bertz CT molecular complexity index is 621. The molecule has 0 aliphatic heterocycles. The molecule has 0 saturated heterocycles. The number of carbonyl (C=O) groups excluding carboxylic acids is 1. The Morgan fingerprint density at radius 1 is 1.21 bits per heavy atom. The van der Waals surface area contributed by atoms with Crippen LogP contribution in [0.4, 0.5) is 11.4 Å². The number of phenols is 1. The number of benzene rings is 2. The molecule has 0 saturated carbocycles. The Morgan fingerprint density at radius 2 is 1.95 bits per heavy atom. The molecule has 0 spiro atoms. The third-order valence-corrected chi connectivity index (χ3v) is 3.24. The largest absolute Gasteiger partial charge is 0.508 e. The van der Waals surface area contributed by atoms with Crippen molar-refractivity contribution in [2.45, 2.75) is 0 Å². The number of carbonyl (C=O) groups is 1. The molecule has 0 aromatic heterocycles. The molecule has 2 aromatic rings. The molecule has 1 amide bonds. The number of rotatable bonds is 2. The average molecular weight is 297 g/mol. The van der Waals surface area contributed by atoms with Crippen molar-refractivity contribution < 1.29 is 9.90 Å². The van der Waals surface area contributed by atoms with Crippen molar-refractivity contribution in [1.29, 1.82) is 0 Å². The van der Waals surface area contributed by atoms with E-state index in [1.807, 2.05) is 0 Å². The summed E-state index contributed by atoms with van der Waals surface area (Å²) in [5, 5.41) is 12.4. The average Bonchev–Trinajstić information content (AvgIpc) is 2.35. The minimum atomic E-state index is -0.393. The van der Waals surface area contributed by atoms with Crippen LogP contribution in [0.1, 0.15) is 10.4 Å². The zero-order chi connectivity index (χ0) is 14.0. The monoisotopic (exact) mass is 296 g/mol. The highest BCUT2D eigenvalue weighted by Gasteiger charge is 2.11. The van der Waals surface area contributed by atoms with Crippen LogP contribution in [0, 0.1) is 0 Å². The van der Waals surface area contributed by atoms with Crippen LogP contribution in [0.15, 0.2) is 36.4 Å². The number of nitrogen functional groups attached to an aromatic ring is 1. The van der Waals surface area contributed by atoms with Crippen LogP contribution >= 0.6 is 23.2 Å². The van der Waals surface area contributed by atoms with Gasteiger partial charge in [-0.25, -0.2) is 0 Å². The fraction of sp³-hybridized carbons (Fsp3) is 0. The summed E-state index contributed by atoms with van der Waals surface area (Å²) in [4.78, 5) is 12.0. The highest BCUT2D eigenvalue weighted by atomic mass is 35.5. The number of halogens is 2. The quantitative estimate of drug-likeness (QED) is 0.742. The van der Waals surface area contributed by atoms with Gasteiger partial charge in [0, 0.05) is 17.3 Å². The van der Waals surface area contributed by atoms with Gasteiger partial charge in [0.2, 0.25) is 0 Å². The first-order valence-corrected chi connectivity index (χ1v) is 6.08. The maximum Gasteiger partial charge on any atom is 0.255 e. The third-order valence-electron chi connectivity index (χ3n) is 2.42. The van der Waals surface area contributed by atoms with Gasteiger partial charge in [-0.3, -0.25) is 4.79 Å². The van der Waals surface area contributed by atoms with E-state index in [2.05, 4.69) is 5.32 Å². The van der Waals surface area contributed by atoms with E-state index in [1.165, 1.54) is 24.3 Å². The molecule has 19 heavy (non-hydrogen) atoms. The summed E-state index contributed by atoms with van der Waals surface area (Å²) in [5.41, 5.74) is 6.63. The molecule has 0 aliphatic carbocycles. The van der Waals surface area contributed by atoms with Gasteiger partial charge in [-0.15, -0.1) is 0 Å². The molecule has 2 aromatic carbocycles. The number of nitrogens with one attached hydrogen (secondary N) is 1. The van der Waals surface area contributed by atoms with Crippen LogP contribution < -0.4 is 11.1 Å². The maximum atomic E-state index is 12.0. The number of phenolic OH excluding ortho intramolecular Hbond substituents is 1. The molecule has 0 unspecified atom stereocenters. The van der Waals surface area contributed by atoms with E-state index in [1.54, 1.807) is 12.1 Å². The summed E-state index contributed by atoms with van der Waals surface area (Å²) >= 11 is 11.7. The van der Waals surface area contributed by atoms with E-state index in [-0.39, 0.29) is 27.0 Å². The van der Waals surface area contributed by atoms with Crippen LogP contribution in [0.2, 0.25) is 10.0 Å². The summed E-state index contributed by atoms with van der Waals surface area (Å²) in [6.07, 6.45) is 0. The Hall–Kier alpha value is -1.91. The molecule has 0 atom stereocenters. The number of hydrogen-bond acceptors (Lipinski definition) is 3. The lowest BCUT2D eigenvalue weighted by molar-refractivity contribution is 0.102. The van der Waals surface area contributed by atoms with Gasteiger partial charge in [0.25, 0.3) is 5.91 Å². The molecule has 2 rings (SSSR count). The van der Waals surface area contributed by atoms with Gasteiger partial charge in [0.05, 0.1) is 15.7 Å². The zero-order valence-electron chi connectivity index (χ0n) is 9.65. The molecule has 0 fully saturated rings. The predicted octanol–water partition coefficient (Wildman–Crippen LogP) is 3.53. The fourth-order valence-corrected chi connectivity index (χ4v) is 1.86. The summed E-state index contributed by atoms with van der Waals surface area (Å²) in [6.45, 7) is 0. The molecule has 0 aliphatic rings. The van der Waals surface area contributed by atoms with Crippen LogP contribution in [0.25, 0.3) is 0 Å². The Kier molecular flexibility index (Phi) is 3.83. The van der Waals surface area contributed by atoms with Gasteiger partial charge in [0.1, 0.15) is 5.75 Å². The molecular formula is C13H10Cl2N2O2. The van der Waals surface area contributed by atoms with E-state index < -0.39 is 5.91 Å². The first-order chi connectivity index (χ1) is 8.97. The topological polar surface area (TPSA) is 75.4 Å². The number of aromatic hydroxyl groups is 1. The number of anilines is 2. The first-order valence-electron chi connectivity index (χ1n) is 5.32. The van der Waals surface area contributed by atoms with E-state index in [9.17, 15) is 9.90 Å². The number of amides is 1. The molecule has 4 N–H and O–H groups in total. The highest BCUT2D eigenvalue weighted by Crippen LogP contribution is 2.29. The van der Waals surface area contributed by atoms with E-state index >= 15 is 0 Å². The van der Waals surface area contributed by atoms with E-state index in [0.717, 1.165) is 0 Å². The smallest absolute Gasteiger partial charge is 0.255 e. The zero-order valence-corrected chi connectivity index (χ0v) is 11.2. The summed E-state index contributed by atoms with van der Waals surface area (Å²) < 4.78 is 0. The second kappa shape index (κ2) is 5.38. The maximum absolute atomic E-state index is 12.0. The van der Waals surface area contributed by atoms with Crippen molar-refractivity contribution in [2.24, 2.45) is 0 Å². The second-order valence-electron chi connectivity index (χ2n) is 3.87. The van der Waals surface area contributed by atoms with Crippen molar-refractivity contribution in [1.82, 2.24) is 0 Å². The molecule has 0 radical (unpaired) electrons. The summed E-state index contributed by atoms with van der Waals surface area (Å²) in [6, 6.07) is 9.07. The van der Waals surface area contributed by atoms with Gasteiger partial charge in [-0.1, -0.05) is 29.3 Å². The molecule has 0 bridgehead atoms. The Labute approximate surface area is 119 Å². The van der Waals surface area contributed by atoms with Crippen molar-refractivity contribution in [3.63, 3.8) is 0 Å². The van der Waals surface area contributed by atoms with Crippen LogP contribution in [-0.4, -0.2) is 11.0 Å². The highest BCUT2D eigenvalue weighted by molar-refractivity contribution is 6.44. The molecule has 0 heterocycles. The van der Waals surface area contributed by atoms with Gasteiger partial charge >= 0.3 is 0 Å². The molecule has 98 valence electrons. The first kappa shape index (κ1) is 13.5. The second-order valence-corrected chi connectivity index (χ2v) is 4.65. The third kappa shape index (κ3) is 3.10. The summed E-state index contributed by atoms with van der Waals surface area (Å²) in [5.74, 6) is -0.331. The van der Waals surface area contributed by atoms with Crippen LogP contribution in [0.3, 0.4) is 0 Å². The van der Waals surface area contributed by atoms with E-state index in [0.29, 0.717) is 5.69 Å². The normalized spacial score (nSPS) is 10.2. The Balaban J connectivity index is 2.25. The van der Waals surface area contributed by atoms with Crippen molar-refractivity contribution in [2.75, 3.05) is 11.1 Å². The number of hydrogen-bond donors (Lipinski definition) is 3. The predicted molar refractivity (Wildman–Crippen MR) is 76.9 cm³/mol. The SMILES string of the molecule is Nc1cc(C(=O)Nc2cccc(O)c2)cc(Cl)c1Cl. The van der Waals surface area contributed by atoms with Gasteiger partial charge in [-0.2, -0.15) is 0 Å². The van der Waals surface area contributed by atoms with Crippen LogP contribution in [0.5, 0.6) is 5.75 Å². The lowest BCUT2D eigenvalue weighted by Gasteiger charge is -2.08. The molecular weight excluding hydrogens is 287 g/mol. The Morgan fingerprint density at radius 3 is 2.58 bits per heavy atom. The van der Waals surface area contributed by atoms with Crippen molar-refractivity contribution in [3.8, 4) is 5.75 Å². The lowest BCUT2D eigenvalue weighted by atomic mass is 10.2. The van der Waals surface area contributed by atoms with Gasteiger partial charge < -0.3 is 16.2 Å². The molecule has 6 heteroatoms. The number of nitrogens with two attached hydrogens (primary N) is 1. The fourth-order valence-electron chi connectivity index (χ4n) is 1.53. The lowest BCUT2D eigenvalue weighted by Crippen LogP contribution is -2.12. The van der Waals surface area contributed by atoms with Gasteiger partial charge in [-0.05, 0) is 24.3 Å².